The van der Waals surface area contributed by atoms with Crippen LogP contribution in [0.3, 0.4) is 0 Å². The molecule has 8 nitrogen and oxygen atoms in total. The topological polar surface area (TPSA) is 91.3 Å². The number of phosphoric acid groups is 1. The largest absolute Gasteiger partial charge is 0.472 e. The third-order valence-electron chi connectivity index (χ3n) is 6.14. The number of rotatable bonds is 27. The Morgan fingerprint density at radius 3 is 1.73 bits per heavy atom. The molecule has 0 aromatic heterocycles. The number of carbonyl (C=O) groups is 1. The summed E-state index contributed by atoms with van der Waals surface area (Å²) in [6.45, 7) is 5.26. The summed E-state index contributed by atoms with van der Waals surface area (Å²) < 4.78 is 34.0. The number of hydrogen-bond donors (Lipinski definition) is 1. The fraction of sp³-hybridized carbons (Fsp3) is 0.964. The Labute approximate surface area is 228 Å². The molecule has 1 N–H and O–H groups in total. The molecule has 0 aromatic rings. The molecule has 0 aliphatic heterocycles. The van der Waals surface area contributed by atoms with E-state index >= 15 is 0 Å². The van der Waals surface area contributed by atoms with Gasteiger partial charge in [0.1, 0.15) is 19.3 Å². The van der Waals surface area contributed by atoms with Crippen molar-refractivity contribution in [3.63, 3.8) is 0 Å². The van der Waals surface area contributed by atoms with Crippen LogP contribution in [-0.2, 0) is 27.9 Å². The Morgan fingerprint density at radius 1 is 0.730 bits per heavy atom. The zero-order valence-corrected chi connectivity index (χ0v) is 25.6. The Balaban J connectivity index is 3.96. The molecule has 0 amide bonds. The summed E-state index contributed by atoms with van der Waals surface area (Å²) >= 11 is 0. The molecular weight excluding hydrogens is 493 g/mol. The van der Waals surface area contributed by atoms with Crippen LogP contribution in [0.1, 0.15) is 117 Å². The van der Waals surface area contributed by atoms with Gasteiger partial charge in [-0.15, -0.1) is 0 Å². The minimum atomic E-state index is -4.22. The van der Waals surface area contributed by atoms with Crippen LogP contribution in [0.2, 0.25) is 0 Å². The molecule has 0 radical (unpaired) electrons. The number of ether oxygens (including phenoxy) is 2. The van der Waals surface area contributed by atoms with Crippen molar-refractivity contribution in [1.29, 1.82) is 0 Å². The lowest BCUT2D eigenvalue weighted by molar-refractivity contribution is -0.870. The van der Waals surface area contributed by atoms with Crippen molar-refractivity contribution < 1.29 is 37.3 Å². The first kappa shape index (κ1) is 36.5. The van der Waals surface area contributed by atoms with Gasteiger partial charge < -0.3 is 18.9 Å². The summed E-state index contributed by atoms with van der Waals surface area (Å²) in [6.07, 6.45) is 18.4. The first-order chi connectivity index (χ1) is 17.6. The molecule has 0 rings (SSSR count). The molecule has 37 heavy (non-hydrogen) atoms. The van der Waals surface area contributed by atoms with E-state index in [-0.39, 0.29) is 32.2 Å². The van der Waals surface area contributed by atoms with Crippen LogP contribution >= 0.6 is 7.82 Å². The molecule has 0 fully saturated rings. The van der Waals surface area contributed by atoms with Crippen molar-refractivity contribution in [3.8, 4) is 0 Å². The highest BCUT2D eigenvalue weighted by molar-refractivity contribution is 7.47. The van der Waals surface area contributed by atoms with Gasteiger partial charge in [0.05, 0.1) is 34.4 Å². The standard InChI is InChI=1S/C28H58NO7P/c1-6-8-9-10-11-12-13-14-15-16-17-18-19-20-23-33-25-27(36-28(30)21-7-2)26-35-37(31,32)34-24-22-29(3,4)5/h27H,6-26H2,1-5H3/p+1/t27-/m0/s1. The van der Waals surface area contributed by atoms with E-state index in [1.807, 2.05) is 28.1 Å². The van der Waals surface area contributed by atoms with E-state index in [1.54, 1.807) is 0 Å². The third kappa shape index (κ3) is 26.9. The molecule has 0 heterocycles. The Hall–Kier alpha value is -0.500. The van der Waals surface area contributed by atoms with E-state index in [0.717, 1.165) is 12.8 Å². The molecule has 0 aromatic carbocycles. The van der Waals surface area contributed by atoms with Gasteiger partial charge in [0.2, 0.25) is 0 Å². The highest BCUT2D eigenvalue weighted by Crippen LogP contribution is 2.43. The minimum absolute atomic E-state index is 0.0905. The van der Waals surface area contributed by atoms with Crippen molar-refractivity contribution in [2.24, 2.45) is 0 Å². The Bertz CT molecular complexity index is 583. The monoisotopic (exact) mass is 552 g/mol. The van der Waals surface area contributed by atoms with Crippen molar-refractivity contribution in [3.05, 3.63) is 0 Å². The number of likely N-dealkylation sites (N-methyl/N-ethyl adjacent to an activating group) is 1. The third-order valence-corrected chi connectivity index (χ3v) is 7.12. The summed E-state index contributed by atoms with van der Waals surface area (Å²) in [5, 5.41) is 0. The number of unbranched alkanes of at least 4 members (excludes halogenated alkanes) is 13. The van der Waals surface area contributed by atoms with E-state index < -0.39 is 13.9 Å². The second kappa shape index (κ2) is 23.4. The zero-order valence-electron chi connectivity index (χ0n) is 24.7. The van der Waals surface area contributed by atoms with Crippen LogP contribution in [0.5, 0.6) is 0 Å². The lowest BCUT2D eigenvalue weighted by atomic mass is 10.0. The van der Waals surface area contributed by atoms with Gasteiger partial charge in [-0.25, -0.2) is 4.57 Å². The quantitative estimate of drug-likeness (QED) is 0.0506. The lowest BCUT2D eigenvalue weighted by Crippen LogP contribution is -2.37. The van der Waals surface area contributed by atoms with Gasteiger partial charge >= 0.3 is 13.8 Å². The van der Waals surface area contributed by atoms with Crippen molar-refractivity contribution in [2.45, 2.75) is 123 Å². The van der Waals surface area contributed by atoms with Crippen LogP contribution < -0.4 is 0 Å². The number of phosphoric ester groups is 1. The van der Waals surface area contributed by atoms with Crippen LogP contribution in [0.25, 0.3) is 0 Å². The molecule has 9 heteroatoms. The predicted octanol–water partition coefficient (Wildman–Crippen LogP) is 7.04. The smallest absolute Gasteiger partial charge is 0.457 e. The Morgan fingerprint density at radius 2 is 1.24 bits per heavy atom. The molecule has 0 bridgehead atoms. The summed E-state index contributed by atoms with van der Waals surface area (Å²) in [5.74, 6) is -0.366. The van der Waals surface area contributed by atoms with Crippen LogP contribution in [0.4, 0.5) is 0 Å². The first-order valence-electron chi connectivity index (χ1n) is 14.8. The molecule has 1 unspecified atom stereocenters. The van der Waals surface area contributed by atoms with E-state index in [0.29, 0.717) is 24.1 Å². The molecule has 222 valence electrons. The van der Waals surface area contributed by atoms with Crippen molar-refractivity contribution >= 4 is 13.8 Å². The van der Waals surface area contributed by atoms with Gasteiger partial charge in [-0.3, -0.25) is 13.8 Å². The van der Waals surface area contributed by atoms with Gasteiger partial charge in [0.15, 0.2) is 0 Å². The summed E-state index contributed by atoms with van der Waals surface area (Å²) in [5.41, 5.74) is 0. The molecule has 2 atom stereocenters. The molecular formula is C28H59NO7P+. The Kier molecular flexibility index (Phi) is 23.1. The maximum absolute atomic E-state index is 12.2. The second-order valence-corrected chi connectivity index (χ2v) is 12.6. The fourth-order valence-electron chi connectivity index (χ4n) is 3.82. The zero-order chi connectivity index (χ0) is 27.8. The average Bonchev–Trinajstić information content (AvgIpc) is 2.81. The summed E-state index contributed by atoms with van der Waals surface area (Å²) in [6, 6.07) is 0. The number of hydrogen-bond acceptors (Lipinski definition) is 6. The maximum atomic E-state index is 12.2. The number of quaternary nitrogens is 1. The molecule has 0 saturated carbocycles. The number of carbonyl (C=O) groups excluding carboxylic acids is 1. The van der Waals surface area contributed by atoms with Gasteiger partial charge in [-0.05, 0) is 12.8 Å². The number of nitrogens with zero attached hydrogens (tertiary/aromatic N) is 1. The van der Waals surface area contributed by atoms with E-state index in [4.69, 9.17) is 18.5 Å². The van der Waals surface area contributed by atoms with Crippen molar-refractivity contribution in [2.75, 3.05) is 54.1 Å². The normalized spacial score (nSPS) is 14.4. The van der Waals surface area contributed by atoms with Gasteiger partial charge in [-0.2, -0.15) is 0 Å². The van der Waals surface area contributed by atoms with E-state index in [2.05, 4.69) is 6.92 Å². The molecule has 0 aliphatic rings. The van der Waals surface area contributed by atoms with E-state index in [9.17, 15) is 14.3 Å². The van der Waals surface area contributed by atoms with Crippen LogP contribution in [-0.4, -0.2) is 75.6 Å². The summed E-state index contributed by atoms with van der Waals surface area (Å²) in [4.78, 5) is 21.9. The van der Waals surface area contributed by atoms with Crippen molar-refractivity contribution in [1.82, 2.24) is 0 Å². The van der Waals surface area contributed by atoms with Crippen LogP contribution in [0.15, 0.2) is 0 Å². The van der Waals surface area contributed by atoms with Gasteiger partial charge in [0.25, 0.3) is 0 Å². The second-order valence-electron chi connectivity index (χ2n) is 11.1. The van der Waals surface area contributed by atoms with Gasteiger partial charge in [-0.1, -0.05) is 97.3 Å². The first-order valence-corrected chi connectivity index (χ1v) is 16.3. The lowest BCUT2D eigenvalue weighted by Gasteiger charge is -2.24. The molecule has 0 spiro atoms. The average molecular weight is 553 g/mol. The maximum Gasteiger partial charge on any atom is 0.472 e. The minimum Gasteiger partial charge on any atom is -0.457 e. The SMILES string of the molecule is CCCCCCCCCCCCCCCCOC[C@@H](COP(=O)(O)OCC[N+](C)(C)C)OC(=O)CCC. The predicted molar refractivity (Wildman–Crippen MR) is 151 cm³/mol. The van der Waals surface area contributed by atoms with E-state index in [1.165, 1.54) is 77.0 Å². The van der Waals surface area contributed by atoms with Gasteiger partial charge in [0, 0.05) is 13.0 Å². The fourth-order valence-corrected chi connectivity index (χ4v) is 4.56. The molecule has 0 saturated heterocycles. The summed E-state index contributed by atoms with van der Waals surface area (Å²) in [7, 11) is 1.67. The highest BCUT2D eigenvalue weighted by Gasteiger charge is 2.26. The highest BCUT2D eigenvalue weighted by atomic mass is 31.2. The van der Waals surface area contributed by atoms with Crippen LogP contribution in [0, 0.1) is 0 Å². The molecule has 0 aliphatic carbocycles. The number of esters is 1.